The smallest absolute Gasteiger partial charge is 0.243 e. The number of hydrogen-bond acceptors (Lipinski definition) is 10. The van der Waals surface area contributed by atoms with Gasteiger partial charge >= 0.3 is 0 Å². The van der Waals surface area contributed by atoms with E-state index in [4.69, 9.17) is 49.7 Å². The van der Waals surface area contributed by atoms with Crippen molar-refractivity contribution in [3.05, 3.63) is 112 Å². The number of aromatic nitrogens is 12. The molecule has 0 aromatic carbocycles. The SMILES string of the molecule is CCn1cc[n+](C)c1.CCn1cc[n+](C)c1.CCn1cc[n+](C)c1.CCn1cc[n+](C)c1.CCn1cc[n+](C)c1.CCn1cc[n+](C)c1.O=C([O-])C(=O)[O-].O=C([O-])C(=O)[O-].[O-][B][O-]. The molecule has 0 saturated heterocycles. The number of carboxylic acid groups (broad SMARTS) is 4. The molecule has 6 aromatic heterocycles. The van der Waals surface area contributed by atoms with Crippen molar-refractivity contribution in [2.45, 2.75) is 80.8 Å². The average molecular weight is 886 g/mol. The normalized spacial score (nSPS) is 9.05. The lowest BCUT2D eigenvalue weighted by Gasteiger charge is -2.01. The van der Waals surface area contributed by atoms with E-state index in [1.807, 2.05) is 107 Å². The molecule has 63 heavy (non-hydrogen) atoms. The third kappa shape index (κ3) is 34.5. The second-order valence-corrected chi connectivity index (χ2v) is 12.7. The number of carboxylic acids is 4. The van der Waals surface area contributed by atoms with Crippen LogP contribution in [0.25, 0.3) is 0 Å². The molecule has 0 spiro atoms. The standard InChI is InChI=1S/6C6H11N2.2C2H2O4.BO2/c6*1-3-8-5-4-7(2)6-8;2*3-1(4)2(5)6;2-1-3/h6*4-6H,3H2,1-2H3;2*(H,3,4)(H,5,6);/q6*+1;;;-2/p-4. The molecule has 0 saturated carbocycles. The maximum Gasteiger partial charge on any atom is 0.243 e. The molecule has 0 bridgehead atoms. The number of imidazole rings is 6. The molecule has 0 fully saturated rings. The largest absolute Gasteiger partial charge is 0.900 e. The maximum atomic E-state index is 8.93. The quantitative estimate of drug-likeness (QED) is 0.0867. The summed E-state index contributed by atoms with van der Waals surface area (Å²) in [5, 5.41) is 52.2. The summed E-state index contributed by atoms with van der Waals surface area (Å²) >= 11 is 0. The molecule has 22 nitrogen and oxygen atoms in total. The number of carbonyl (C=O) groups is 4. The van der Waals surface area contributed by atoms with Gasteiger partial charge in [-0.1, -0.05) is 0 Å². The number of rotatable bonds is 6. The topological polar surface area (TPSA) is 260 Å². The summed E-state index contributed by atoms with van der Waals surface area (Å²) in [5.41, 5.74) is 0. The van der Waals surface area contributed by atoms with Gasteiger partial charge in [-0.3, -0.25) is 0 Å². The van der Waals surface area contributed by atoms with E-state index in [9.17, 15) is 0 Å². The fourth-order valence-corrected chi connectivity index (χ4v) is 4.13. The van der Waals surface area contributed by atoms with Crippen molar-refractivity contribution >= 4 is 31.6 Å². The van der Waals surface area contributed by atoms with Gasteiger partial charge in [0.05, 0.1) is 105 Å². The minimum absolute atomic E-state index is 0.500. The van der Waals surface area contributed by atoms with Crippen molar-refractivity contribution in [2.24, 2.45) is 42.3 Å². The number of aliphatic carboxylic acids is 4. The van der Waals surface area contributed by atoms with E-state index in [0.29, 0.717) is 0 Å². The molecule has 0 atom stereocenters. The predicted octanol–water partition coefficient (Wildman–Crippen LogP) is -7.79. The molecule has 349 valence electrons. The molecule has 6 aromatic rings. The van der Waals surface area contributed by atoms with E-state index in [0.717, 1.165) is 39.3 Å². The number of hydrogen-bond donors (Lipinski definition) is 0. The second kappa shape index (κ2) is 36.9. The Labute approximate surface area is 370 Å². The predicted molar refractivity (Wildman–Crippen MR) is 213 cm³/mol. The Morgan fingerprint density at radius 2 is 0.460 bits per heavy atom. The lowest BCUT2D eigenvalue weighted by Crippen LogP contribution is -2.42. The van der Waals surface area contributed by atoms with E-state index in [2.05, 4.69) is 144 Å². The van der Waals surface area contributed by atoms with Gasteiger partial charge in [0.2, 0.25) is 38.0 Å². The first-order chi connectivity index (χ1) is 29.7. The van der Waals surface area contributed by atoms with Crippen LogP contribution >= 0.6 is 0 Å². The highest BCUT2D eigenvalue weighted by Gasteiger charge is 1.96. The van der Waals surface area contributed by atoms with Gasteiger partial charge in [-0.05, 0) is 41.5 Å². The van der Waals surface area contributed by atoms with Crippen molar-refractivity contribution in [1.82, 2.24) is 27.4 Å². The van der Waals surface area contributed by atoms with Crippen LogP contribution in [0.15, 0.2) is 112 Å². The zero-order chi connectivity index (χ0) is 48.9. The summed E-state index contributed by atoms with van der Waals surface area (Å²) in [4.78, 5) is 35.7. The van der Waals surface area contributed by atoms with Crippen LogP contribution in [0.4, 0.5) is 0 Å². The van der Waals surface area contributed by atoms with Crippen molar-refractivity contribution in [1.29, 1.82) is 0 Å². The molecule has 23 heteroatoms. The van der Waals surface area contributed by atoms with Crippen LogP contribution in [0.2, 0.25) is 0 Å². The molecule has 1 radical (unpaired) electrons. The fraction of sp³-hybridized carbons (Fsp3) is 0.450. The van der Waals surface area contributed by atoms with Crippen LogP contribution in [-0.4, -0.2) is 59.0 Å². The molecule has 6 rings (SSSR count). The third-order valence-electron chi connectivity index (χ3n) is 7.47. The highest BCUT2D eigenvalue weighted by molar-refractivity contribution is 6.25. The molecular weight excluding hydrogens is 819 g/mol. The Balaban J connectivity index is -0.000000649. The van der Waals surface area contributed by atoms with Gasteiger partial charge in [-0.25, -0.2) is 62.5 Å². The zero-order valence-electron chi connectivity index (χ0n) is 38.7. The monoisotopic (exact) mass is 886 g/mol. The van der Waals surface area contributed by atoms with Gasteiger partial charge in [-0.15, -0.1) is 0 Å². The van der Waals surface area contributed by atoms with Crippen molar-refractivity contribution in [2.75, 3.05) is 0 Å². The summed E-state index contributed by atoms with van der Waals surface area (Å²) < 4.78 is 24.9. The number of aryl methyl sites for hydroxylation is 12. The Bertz CT molecular complexity index is 1720. The Morgan fingerprint density at radius 3 is 0.492 bits per heavy atom. The van der Waals surface area contributed by atoms with Gasteiger partial charge in [0.1, 0.15) is 74.4 Å². The minimum Gasteiger partial charge on any atom is -0.900 e. The first-order valence-electron chi connectivity index (χ1n) is 19.6. The lowest BCUT2D eigenvalue weighted by atomic mass is 10.5. The van der Waals surface area contributed by atoms with Crippen LogP contribution in [-0.2, 0) is 101 Å². The Morgan fingerprint density at radius 1 is 0.349 bits per heavy atom. The van der Waals surface area contributed by atoms with Crippen LogP contribution < -0.4 is 57.9 Å². The van der Waals surface area contributed by atoms with E-state index >= 15 is 0 Å². The summed E-state index contributed by atoms with van der Waals surface area (Å²) in [5.74, 6) is -8.74. The van der Waals surface area contributed by atoms with Crippen LogP contribution in [0.5, 0.6) is 0 Å². The van der Waals surface area contributed by atoms with E-state index in [1.165, 1.54) is 0 Å². The maximum absolute atomic E-state index is 8.93. The zero-order valence-corrected chi connectivity index (χ0v) is 38.7. The molecule has 0 N–H and O–H groups in total. The molecule has 0 unspecified atom stereocenters. The molecule has 0 amide bonds. The van der Waals surface area contributed by atoms with E-state index in [-0.39, 0.29) is 0 Å². The minimum atomic E-state index is -2.19. The van der Waals surface area contributed by atoms with E-state index < -0.39 is 31.6 Å². The summed E-state index contributed by atoms with van der Waals surface area (Å²) in [7, 11) is 11.6. The Kier molecular flexibility index (Phi) is 35.4. The first kappa shape index (κ1) is 60.4. The average Bonchev–Trinajstić information content (AvgIpc) is 4.13. The van der Waals surface area contributed by atoms with Gasteiger partial charge in [-0.2, -0.15) is 0 Å². The summed E-state index contributed by atoms with van der Waals surface area (Å²) in [6.07, 6.45) is 36.9. The molecule has 6 heterocycles. The fourth-order valence-electron chi connectivity index (χ4n) is 4.13. The van der Waals surface area contributed by atoms with Gasteiger partial charge in [0, 0.05) is 0 Å². The highest BCUT2D eigenvalue weighted by Crippen LogP contribution is 1.82. The molecule has 0 aliphatic heterocycles. The number of carbonyl (C=O) groups excluding carboxylic acids is 4. The van der Waals surface area contributed by atoms with Gasteiger partial charge < -0.3 is 49.7 Å². The summed E-state index contributed by atoms with van der Waals surface area (Å²) in [6, 6.07) is 0. The summed E-state index contributed by atoms with van der Waals surface area (Å²) in [6.45, 7) is 19.1. The molecular formula is C40H66BN12O10. The van der Waals surface area contributed by atoms with Crippen LogP contribution in [0, 0.1) is 0 Å². The second-order valence-electron chi connectivity index (χ2n) is 12.7. The molecule has 0 aliphatic rings. The van der Waals surface area contributed by atoms with E-state index in [1.54, 1.807) is 0 Å². The van der Waals surface area contributed by atoms with Crippen molar-refractivity contribution in [3.63, 3.8) is 0 Å². The Hall–Kier alpha value is -6.88. The van der Waals surface area contributed by atoms with Crippen molar-refractivity contribution in [3.8, 4) is 0 Å². The van der Waals surface area contributed by atoms with Crippen LogP contribution in [0.1, 0.15) is 41.5 Å². The van der Waals surface area contributed by atoms with Crippen molar-refractivity contribution < 1.29 is 77.1 Å². The lowest BCUT2D eigenvalue weighted by molar-refractivity contribution is -0.671. The first-order valence-corrected chi connectivity index (χ1v) is 19.6. The number of nitrogens with zero attached hydrogens (tertiary/aromatic N) is 12. The van der Waals surface area contributed by atoms with Gasteiger partial charge in [0.15, 0.2) is 0 Å². The van der Waals surface area contributed by atoms with Crippen LogP contribution in [0.3, 0.4) is 0 Å². The molecule has 0 aliphatic carbocycles. The van der Waals surface area contributed by atoms with Gasteiger partial charge in [0.25, 0.3) is 0 Å². The highest BCUT2D eigenvalue weighted by atomic mass is 16.4. The third-order valence-corrected chi connectivity index (χ3v) is 7.47.